The SMILES string of the molecule is CCOc1cc(OCC)c2c(c1)O[C@@]1(c3ccc(Br)cc3)[C@H](c3ccccc3)CC(N=O)[C@@]21O. The highest BCUT2D eigenvalue weighted by Gasteiger charge is 2.74. The van der Waals surface area contributed by atoms with E-state index in [4.69, 9.17) is 14.2 Å². The number of ether oxygens (including phenoxy) is 3. The predicted molar refractivity (Wildman–Crippen MR) is 133 cm³/mol. The van der Waals surface area contributed by atoms with Gasteiger partial charge in [0.1, 0.15) is 23.3 Å². The average molecular weight is 524 g/mol. The van der Waals surface area contributed by atoms with Crippen molar-refractivity contribution in [2.24, 2.45) is 5.18 Å². The molecule has 3 aromatic rings. The fraction of sp³-hybridized carbons (Fsp3) is 0.333. The first kappa shape index (κ1) is 22.9. The summed E-state index contributed by atoms with van der Waals surface area (Å²) in [5, 5.41) is 16.1. The van der Waals surface area contributed by atoms with E-state index in [0.717, 1.165) is 15.6 Å². The van der Waals surface area contributed by atoms with Gasteiger partial charge in [0.2, 0.25) is 0 Å². The number of hydrogen-bond acceptors (Lipinski definition) is 6. The Labute approximate surface area is 207 Å². The lowest BCUT2D eigenvalue weighted by atomic mass is 9.71. The van der Waals surface area contributed by atoms with Gasteiger partial charge in [-0.05, 0) is 43.5 Å². The molecule has 0 aromatic heterocycles. The van der Waals surface area contributed by atoms with Crippen molar-refractivity contribution in [2.75, 3.05) is 13.2 Å². The molecule has 1 heterocycles. The van der Waals surface area contributed by atoms with Crippen molar-refractivity contribution in [3.63, 3.8) is 0 Å². The molecular formula is C27H26BrNO5. The molecule has 1 saturated carbocycles. The first-order valence-corrected chi connectivity index (χ1v) is 12.3. The van der Waals surface area contributed by atoms with Crippen molar-refractivity contribution in [2.45, 2.75) is 43.4 Å². The number of rotatable bonds is 7. The van der Waals surface area contributed by atoms with Crippen LogP contribution in [0.4, 0.5) is 0 Å². The molecule has 1 unspecified atom stereocenters. The number of aliphatic hydroxyl groups is 1. The van der Waals surface area contributed by atoms with E-state index in [9.17, 15) is 10.0 Å². The topological polar surface area (TPSA) is 77.3 Å². The van der Waals surface area contributed by atoms with Gasteiger partial charge in [-0.15, -0.1) is 0 Å². The molecule has 2 aliphatic rings. The van der Waals surface area contributed by atoms with Gasteiger partial charge in [0.05, 0.1) is 18.8 Å². The van der Waals surface area contributed by atoms with E-state index in [1.54, 1.807) is 12.1 Å². The summed E-state index contributed by atoms with van der Waals surface area (Å²) < 4.78 is 19.4. The average Bonchev–Trinajstić information content (AvgIpc) is 3.25. The molecule has 4 atom stereocenters. The molecule has 6 nitrogen and oxygen atoms in total. The maximum absolute atomic E-state index is 12.6. The van der Waals surface area contributed by atoms with Crippen LogP contribution < -0.4 is 14.2 Å². The van der Waals surface area contributed by atoms with Gasteiger partial charge in [-0.3, -0.25) is 0 Å². The Balaban J connectivity index is 1.82. The molecule has 0 saturated heterocycles. The van der Waals surface area contributed by atoms with Gasteiger partial charge in [-0.1, -0.05) is 63.6 Å². The molecular weight excluding hydrogens is 498 g/mol. The van der Waals surface area contributed by atoms with Crippen molar-refractivity contribution in [1.82, 2.24) is 0 Å². The summed E-state index contributed by atoms with van der Waals surface area (Å²) in [5.74, 6) is 1.12. The normalized spacial score (nSPS) is 26.9. The second kappa shape index (κ2) is 8.71. The zero-order valence-electron chi connectivity index (χ0n) is 19.0. The lowest BCUT2D eigenvalue weighted by Gasteiger charge is -2.40. The van der Waals surface area contributed by atoms with Crippen LogP contribution in [0.1, 0.15) is 42.9 Å². The highest BCUT2D eigenvalue weighted by Crippen LogP contribution is 2.69. The van der Waals surface area contributed by atoms with Gasteiger partial charge in [0.15, 0.2) is 11.2 Å². The monoisotopic (exact) mass is 523 g/mol. The standard InChI is InChI=1S/C27H26BrNO5/c1-3-32-20-14-22(33-4-2)25-23(15-20)34-27(18-10-12-19(28)13-11-18)21(17-8-6-5-7-9-17)16-24(29-31)26(25,27)30/h5-15,21,24,30H,3-4,16H2,1-2H3/t21-,24?,26+,27-/m0/s1. The third-order valence-electron chi connectivity index (χ3n) is 6.90. The summed E-state index contributed by atoms with van der Waals surface area (Å²) in [6, 6.07) is 20.1. The van der Waals surface area contributed by atoms with Crippen molar-refractivity contribution < 1.29 is 19.3 Å². The van der Waals surface area contributed by atoms with E-state index in [0.29, 0.717) is 42.4 Å². The van der Waals surface area contributed by atoms with Crippen molar-refractivity contribution >= 4 is 15.9 Å². The molecule has 1 fully saturated rings. The van der Waals surface area contributed by atoms with Crippen LogP contribution in [-0.2, 0) is 11.2 Å². The maximum Gasteiger partial charge on any atom is 0.176 e. The van der Waals surface area contributed by atoms with Gasteiger partial charge in [0, 0.05) is 22.5 Å². The van der Waals surface area contributed by atoms with Crippen LogP contribution in [0, 0.1) is 4.91 Å². The first-order chi connectivity index (χ1) is 16.5. The molecule has 176 valence electrons. The lowest BCUT2D eigenvalue weighted by Crippen LogP contribution is -2.51. The van der Waals surface area contributed by atoms with E-state index in [1.165, 1.54) is 0 Å². The second-order valence-corrected chi connectivity index (χ2v) is 9.51. The zero-order chi connectivity index (χ0) is 23.9. The third-order valence-corrected chi connectivity index (χ3v) is 7.43. The van der Waals surface area contributed by atoms with Crippen molar-refractivity contribution in [3.8, 4) is 17.2 Å². The fourth-order valence-corrected chi connectivity index (χ4v) is 5.91. The Hall–Kier alpha value is -2.90. The number of halogens is 1. The molecule has 34 heavy (non-hydrogen) atoms. The molecule has 1 aliphatic carbocycles. The minimum Gasteiger partial charge on any atom is -0.494 e. The molecule has 1 aliphatic heterocycles. The molecule has 0 amide bonds. The summed E-state index contributed by atoms with van der Waals surface area (Å²) >= 11 is 3.50. The molecule has 3 aromatic carbocycles. The molecule has 1 N–H and O–H groups in total. The second-order valence-electron chi connectivity index (χ2n) is 8.59. The van der Waals surface area contributed by atoms with Crippen LogP contribution in [0.2, 0.25) is 0 Å². The van der Waals surface area contributed by atoms with Gasteiger partial charge < -0.3 is 19.3 Å². The number of nitrogens with zero attached hydrogens (tertiary/aromatic N) is 1. The number of hydrogen-bond donors (Lipinski definition) is 1. The van der Waals surface area contributed by atoms with Crippen LogP contribution in [0.15, 0.2) is 76.4 Å². The van der Waals surface area contributed by atoms with Crippen LogP contribution in [0.3, 0.4) is 0 Å². The number of nitroso groups, excluding NO2 is 1. The van der Waals surface area contributed by atoms with Crippen molar-refractivity contribution in [3.05, 3.63) is 92.8 Å². The summed E-state index contributed by atoms with van der Waals surface area (Å²) in [7, 11) is 0. The Bertz CT molecular complexity index is 1200. The highest BCUT2D eigenvalue weighted by molar-refractivity contribution is 9.10. The summed E-state index contributed by atoms with van der Waals surface area (Å²) in [6.45, 7) is 4.62. The van der Waals surface area contributed by atoms with Crippen LogP contribution >= 0.6 is 15.9 Å². The number of benzene rings is 3. The van der Waals surface area contributed by atoms with E-state index in [1.807, 2.05) is 68.4 Å². The molecule has 0 bridgehead atoms. The molecule has 5 rings (SSSR count). The smallest absolute Gasteiger partial charge is 0.176 e. The Kier molecular flexibility index (Phi) is 5.86. The highest BCUT2D eigenvalue weighted by atomic mass is 79.9. The van der Waals surface area contributed by atoms with Crippen LogP contribution in [0.5, 0.6) is 17.2 Å². The predicted octanol–water partition coefficient (Wildman–Crippen LogP) is 6.04. The first-order valence-electron chi connectivity index (χ1n) is 11.5. The van der Waals surface area contributed by atoms with Gasteiger partial charge in [-0.25, -0.2) is 0 Å². The van der Waals surface area contributed by atoms with E-state index in [-0.39, 0.29) is 5.92 Å². The lowest BCUT2D eigenvalue weighted by molar-refractivity contribution is -0.113. The van der Waals surface area contributed by atoms with Gasteiger partial charge >= 0.3 is 0 Å². The summed E-state index contributed by atoms with van der Waals surface area (Å²) in [6.07, 6.45) is 0.332. The van der Waals surface area contributed by atoms with E-state index in [2.05, 4.69) is 21.1 Å². The fourth-order valence-electron chi connectivity index (χ4n) is 5.64. The third kappa shape index (κ3) is 3.17. The van der Waals surface area contributed by atoms with Gasteiger partial charge in [-0.2, -0.15) is 4.91 Å². The minimum absolute atomic E-state index is 0.332. The molecule has 0 radical (unpaired) electrons. The molecule has 7 heteroatoms. The minimum atomic E-state index is -1.74. The largest absolute Gasteiger partial charge is 0.494 e. The van der Waals surface area contributed by atoms with Crippen LogP contribution in [0.25, 0.3) is 0 Å². The Morgan fingerprint density at radius 1 is 1.06 bits per heavy atom. The van der Waals surface area contributed by atoms with E-state index >= 15 is 0 Å². The number of fused-ring (bicyclic) bond motifs is 3. The van der Waals surface area contributed by atoms with Gasteiger partial charge in [0.25, 0.3) is 0 Å². The Morgan fingerprint density at radius 2 is 1.76 bits per heavy atom. The molecule has 0 spiro atoms. The van der Waals surface area contributed by atoms with Crippen LogP contribution in [-0.4, -0.2) is 24.4 Å². The van der Waals surface area contributed by atoms with Crippen molar-refractivity contribution in [1.29, 1.82) is 0 Å². The maximum atomic E-state index is 12.6. The summed E-state index contributed by atoms with van der Waals surface area (Å²) in [5.41, 5.74) is -0.857. The van der Waals surface area contributed by atoms with E-state index < -0.39 is 17.2 Å². The zero-order valence-corrected chi connectivity index (χ0v) is 20.6. The Morgan fingerprint density at radius 3 is 2.41 bits per heavy atom. The quantitative estimate of drug-likeness (QED) is 0.381. The summed E-state index contributed by atoms with van der Waals surface area (Å²) in [4.78, 5) is 12.3.